The lowest BCUT2D eigenvalue weighted by Crippen LogP contribution is -2.45. The molecule has 6 heteroatoms. The van der Waals surface area contributed by atoms with E-state index in [1.807, 2.05) is 0 Å². The molecule has 0 aliphatic heterocycles. The molecule has 1 fully saturated rings. The van der Waals surface area contributed by atoms with Crippen molar-refractivity contribution in [1.29, 1.82) is 0 Å². The van der Waals surface area contributed by atoms with Crippen molar-refractivity contribution in [2.45, 2.75) is 44.3 Å². The zero-order valence-corrected chi connectivity index (χ0v) is 12.0. The van der Waals surface area contributed by atoms with Crippen molar-refractivity contribution in [3.63, 3.8) is 0 Å². The molecule has 1 aliphatic carbocycles. The summed E-state index contributed by atoms with van der Waals surface area (Å²) in [6.45, 7) is 2.11. The van der Waals surface area contributed by atoms with E-state index in [9.17, 15) is 18.3 Å². The molecule has 0 saturated heterocycles. The largest absolute Gasteiger partial charge is 0.416 e. The van der Waals surface area contributed by atoms with Gasteiger partial charge in [-0.1, -0.05) is 6.92 Å². The number of hydrogen-bond acceptors (Lipinski definition) is 3. The fraction of sp³-hybridized carbons (Fsp3) is 0.600. The molecule has 1 aromatic rings. The monoisotopic (exact) mass is 302 g/mol. The number of nitrogen functional groups attached to an aromatic ring is 1. The number of nitrogens with one attached hydrogen (secondary N) is 1. The van der Waals surface area contributed by atoms with Gasteiger partial charge in [0.05, 0.1) is 29.1 Å². The first-order valence-electron chi connectivity index (χ1n) is 7.11. The van der Waals surface area contributed by atoms with Crippen molar-refractivity contribution >= 4 is 11.4 Å². The third-order valence-electron chi connectivity index (χ3n) is 4.31. The molecule has 118 valence electrons. The lowest BCUT2D eigenvalue weighted by atomic mass is 9.77. The second kappa shape index (κ2) is 5.75. The standard InChI is InChI=1S/C15H21F3N2O/c1-10-4-6-14(9-21,7-5-10)20-13-3-2-11(8-12(13)19)15(16,17)18/h2-3,8,10,20-21H,4-7,9,19H2,1H3. The molecule has 0 bridgehead atoms. The number of rotatable bonds is 3. The molecule has 21 heavy (non-hydrogen) atoms. The molecular formula is C15H21F3N2O. The molecule has 0 heterocycles. The third-order valence-corrected chi connectivity index (χ3v) is 4.31. The topological polar surface area (TPSA) is 58.3 Å². The summed E-state index contributed by atoms with van der Waals surface area (Å²) in [5.74, 6) is 0.608. The fourth-order valence-corrected chi connectivity index (χ4v) is 2.78. The van der Waals surface area contributed by atoms with Crippen LogP contribution in [0.25, 0.3) is 0 Å². The van der Waals surface area contributed by atoms with E-state index in [2.05, 4.69) is 12.2 Å². The lowest BCUT2D eigenvalue weighted by Gasteiger charge is -2.40. The van der Waals surface area contributed by atoms with Gasteiger partial charge in [0.25, 0.3) is 0 Å². The van der Waals surface area contributed by atoms with Gasteiger partial charge in [-0.2, -0.15) is 13.2 Å². The minimum absolute atomic E-state index is 0.0521. The van der Waals surface area contributed by atoms with E-state index in [-0.39, 0.29) is 12.3 Å². The maximum Gasteiger partial charge on any atom is 0.416 e. The second-order valence-electron chi connectivity index (χ2n) is 6.05. The van der Waals surface area contributed by atoms with Crippen molar-refractivity contribution in [2.75, 3.05) is 17.7 Å². The van der Waals surface area contributed by atoms with E-state index < -0.39 is 17.3 Å². The zero-order valence-electron chi connectivity index (χ0n) is 12.0. The normalized spacial score (nSPS) is 26.6. The summed E-state index contributed by atoms with van der Waals surface area (Å²) in [6, 6.07) is 3.28. The van der Waals surface area contributed by atoms with Gasteiger partial charge in [0.2, 0.25) is 0 Å². The molecule has 0 atom stereocenters. The van der Waals surface area contributed by atoms with Crippen molar-refractivity contribution in [3.05, 3.63) is 23.8 Å². The van der Waals surface area contributed by atoms with Crippen LogP contribution in [0.3, 0.4) is 0 Å². The van der Waals surface area contributed by atoms with Gasteiger partial charge < -0.3 is 16.2 Å². The average Bonchev–Trinajstić information content (AvgIpc) is 2.43. The van der Waals surface area contributed by atoms with Gasteiger partial charge >= 0.3 is 6.18 Å². The first-order valence-corrected chi connectivity index (χ1v) is 7.11. The Hall–Kier alpha value is -1.43. The Labute approximate surface area is 122 Å². The molecule has 4 N–H and O–H groups in total. The van der Waals surface area contributed by atoms with Crippen LogP contribution in [-0.4, -0.2) is 17.3 Å². The van der Waals surface area contributed by atoms with E-state index in [1.165, 1.54) is 6.07 Å². The summed E-state index contributed by atoms with van der Waals surface area (Å²) in [6.07, 6.45) is -0.875. The summed E-state index contributed by atoms with van der Waals surface area (Å²) < 4.78 is 37.9. The number of nitrogens with two attached hydrogens (primary N) is 1. The fourth-order valence-electron chi connectivity index (χ4n) is 2.78. The Kier molecular flexibility index (Phi) is 4.37. The maximum absolute atomic E-state index is 12.6. The van der Waals surface area contributed by atoms with E-state index >= 15 is 0 Å². The molecule has 0 radical (unpaired) electrons. The van der Waals surface area contributed by atoms with Gasteiger partial charge in [-0.25, -0.2) is 0 Å². The molecule has 1 aromatic carbocycles. The maximum atomic E-state index is 12.6. The minimum atomic E-state index is -4.40. The van der Waals surface area contributed by atoms with Crippen LogP contribution in [0.15, 0.2) is 18.2 Å². The average molecular weight is 302 g/mol. The van der Waals surface area contributed by atoms with Gasteiger partial charge in [0.15, 0.2) is 0 Å². The highest BCUT2D eigenvalue weighted by Crippen LogP contribution is 2.37. The lowest BCUT2D eigenvalue weighted by molar-refractivity contribution is -0.137. The van der Waals surface area contributed by atoms with Gasteiger partial charge in [0.1, 0.15) is 0 Å². The number of alkyl halides is 3. The summed E-state index contributed by atoms with van der Waals surface area (Å²) >= 11 is 0. The molecule has 0 spiro atoms. The van der Waals surface area contributed by atoms with Gasteiger partial charge in [-0.05, 0) is 49.8 Å². The van der Waals surface area contributed by atoms with Crippen LogP contribution >= 0.6 is 0 Å². The van der Waals surface area contributed by atoms with Gasteiger partial charge in [0, 0.05) is 0 Å². The van der Waals surface area contributed by atoms with Crippen molar-refractivity contribution < 1.29 is 18.3 Å². The summed E-state index contributed by atoms with van der Waals surface area (Å²) in [4.78, 5) is 0. The highest BCUT2D eigenvalue weighted by molar-refractivity contribution is 5.68. The minimum Gasteiger partial charge on any atom is -0.397 e. The Balaban J connectivity index is 2.19. The van der Waals surface area contributed by atoms with E-state index in [1.54, 1.807) is 0 Å². The van der Waals surface area contributed by atoms with E-state index in [0.717, 1.165) is 37.8 Å². The van der Waals surface area contributed by atoms with Crippen molar-refractivity contribution in [1.82, 2.24) is 0 Å². The van der Waals surface area contributed by atoms with Crippen LogP contribution in [-0.2, 0) is 6.18 Å². The van der Waals surface area contributed by atoms with Crippen LogP contribution in [0, 0.1) is 5.92 Å². The number of anilines is 2. The summed E-state index contributed by atoms with van der Waals surface area (Å²) in [5, 5.41) is 12.8. The van der Waals surface area contributed by atoms with Crippen LogP contribution in [0.5, 0.6) is 0 Å². The van der Waals surface area contributed by atoms with Crippen LogP contribution in [0.2, 0.25) is 0 Å². The highest BCUT2D eigenvalue weighted by Gasteiger charge is 2.35. The molecule has 3 nitrogen and oxygen atoms in total. The first kappa shape index (κ1) is 15.9. The molecule has 0 aromatic heterocycles. The Morgan fingerprint density at radius 1 is 1.33 bits per heavy atom. The SMILES string of the molecule is CC1CCC(CO)(Nc2ccc(C(F)(F)F)cc2N)CC1. The van der Waals surface area contributed by atoms with Crippen LogP contribution < -0.4 is 11.1 Å². The van der Waals surface area contributed by atoms with Crippen LogP contribution in [0.4, 0.5) is 24.5 Å². The summed E-state index contributed by atoms with van der Waals surface area (Å²) in [5.41, 5.74) is 4.99. The smallest absolute Gasteiger partial charge is 0.397 e. The van der Waals surface area contributed by atoms with Crippen molar-refractivity contribution in [3.8, 4) is 0 Å². The second-order valence-corrected chi connectivity index (χ2v) is 6.05. The number of aliphatic hydroxyl groups is 1. The van der Waals surface area contributed by atoms with Gasteiger partial charge in [-0.3, -0.25) is 0 Å². The molecule has 0 amide bonds. The molecular weight excluding hydrogens is 281 g/mol. The number of aliphatic hydroxyl groups excluding tert-OH is 1. The third kappa shape index (κ3) is 3.61. The molecule has 0 unspecified atom stereocenters. The molecule has 1 saturated carbocycles. The highest BCUT2D eigenvalue weighted by atomic mass is 19.4. The zero-order chi connectivity index (χ0) is 15.7. The quantitative estimate of drug-likeness (QED) is 0.747. The first-order chi connectivity index (χ1) is 9.76. The Morgan fingerprint density at radius 3 is 2.43 bits per heavy atom. The molecule has 1 aliphatic rings. The van der Waals surface area contributed by atoms with E-state index in [4.69, 9.17) is 5.73 Å². The van der Waals surface area contributed by atoms with Gasteiger partial charge in [-0.15, -0.1) is 0 Å². The number of halogens is 3. The van der Waals surface area contributed by atoms with Crippen molar-refractivity contribution in [2.24, 2.45) is 5.92 Å². The van der Waals surface area contributed by atoms with Crippen LogP contribution in [0.1, 0.15) is 38.2 Å². The Morgan fingerprint density at radius 2 is 1.95 bits per heavy atom. The molecule has 2 rings (SSSR count). The Bertz CT molecular complexity index is 494. The van der Waals surface area contributed by atoms with E-state index in [0.29, 0.717) is 11.6 Å². The summed E-state index contributed by atoms with van der Waals surface area (Å²) in [7, 11) is 0. The predicted molar refractivity (Wildman–Crippen MR) is 76.9 cm³/mol. The number of hydrogen-bond donors (Lipinski definition) is 3. The predicted octanol–water partition coefficient (Wildman–Crippen LogP) is 3.64. The number of benzene rings is 1.